The number of hydrogen-bond donors (Lipinski definition) is 3. The molecule has 0 saturated heterocycles. The van der Waals surface area contributed by atoms with Gasteiger partial charge < -0.3 is 9.52 Å². The van der Waals surface area contributed by atoms with Gasteiger partial charge in [0.15, 0.2) is 0 Å². The summed E-state index contributed by atoms with van der Waals surface area (Å²) in [6, 6.07) is 13.9. The molecule has 3 rings (SSSR count). The SMILES string of the molecule is C.O=C(NO)c1ccc(-c2nnc(Cc3ccc(CO)cc3)o2)cc1. The van der Waals surface area contributed by atoms with Crippen molar-refractivity contribution in [3.8, 4) is 11.5 Å². The zero-order valence-corrected chi connectivity index (χ0v) is 12.6. The van der Waals surface area contributed by atoms with Crippen LogP contribution in [0.1, 0.15) is 34.8 Å². The first-order valence-electron chi connectivity index (χ1n) is 7.25. The Morgan fingerprint density at radius 3 is 2.24 bits per heavy atom. The predicted octanol–water partition coefficient (Wildman–Crippen LogP) is 2.57. The number of carbonyl (C=O) groups excluding carboxylic acids is 1. The van der Waals surface area contributed by atoms with E-state index < -0.39 is 5.91 Å². The summed E-state index contributed by atoms with van der Waals surface area (Å²) < 4.78 is 5.64. The summed E-state index contributed by atoms with van der Waals surface area (Å²) in [5.74, 6) is 0.242. The Hall–Kier alpha value is -3.03. The van der Waals surface area contributed by atoms with Crippen LogP contribution in [0.5, 0.6) is 0 Å². The van der Waals surface area contributed by atoms with Crippen molar-refractivity contribution in [2.24, 2.45) is 0 Å². The van der Waals surface area contributed by atoms with Gasteiger partial charge in [0.25, 0.3) is 5.91 Å². The highest BCUT2D eigenvalue weighted by Gasteiger charge is 2.11. The number of aliphatic hydroxyl groups is 1. The third kappa shape index (κ3) is 4.28. The van der Waals surface area contributed by atoms with Crippen LogP contribution in [-0.4, -0.2) is 26.4 Å². The number of aliphatic hydroxyl groups excluding tert-OH is 1. The molecular formula is C18H19N3O4. The largest absolute Gasteiger partial charge is 0.420 e. The summed E-state index contributed by atoms with van der Waals surface area (Å²) in [4.78, 5) is 11.3. The van der Waals surface area contributed by atoms with E-state index in [0.717, 1.165) is 11.1 Å². The molecule has 0 aliphatic rings. The first-order valence-corrected chi connectivity index (χ1v) is 7.25. The van der Waals surface area contributed by atoms with E-state index in [1.54, 1.807) is 29.7 Å². The predicted molar refractivity (Wildman–Crippen MR) is 90.9 cm³/mol. The van der Waals surface area contributed by atoms with Crippen molar-refractivity contribution in [3.63, 3.8) is 0 Å². The molecule has 7 nitrogen and oxygen atoms in total. The second kappa shape index (κ2) is 8.18. The number of hydrogen-bond acceptors (Lipinski definition) is 6. The van der Waals surface area contributed by atoms with Gasteiger partial charge in [-0.1, -0.05) is 31.7 Å². The lowest BCUT2D eigenvalue weighted by atomic mass is 10.1. The fraction of sp³-hybridized carbons (Fsp3) is 0.167. The molecule has 0 radical (unpaired) electrons. The van der Waals surface area contributed by atoms with Crippen LogP contribution in [0, 0.1) is 0 Å². The van der Waals surface area contributed by atoms with Gasteiger partial charge in [-0.2, -0.15) is 0 Å². The molecule has 2 aromatic carbocycles. The maximum absolute atomic E-state index is 11.3. The molecule has 3 aromatic rings. The summed E-state index contributed by atoms with van der Waals surface area (Å²) in [5.41, 5.74) is 4.42. The average Bonchev–Trinajstić information content (AvgIpc) is 3.10. The summed E-state index contributed by atoms with van der Waals surface area (Å²) >= 11 is 0. The smallest absolute Gasteiger partial charge is 0.274 e. The summed E-state index contributed by atoms with van der Waals surface area (Å²) in [6.45, 7) is 0.00921. The van der Waals surface area contributed by atoms with Crippen LogP contribution in [0.4, 0.5) is 0 Å². The van der Waals surface area contributed by atoms with Gasteiger partial charge >= 0.3 is 0 Å². The molecular weight excluding hydrogens is 322 g/mol. The van der Waals surface area contributed by atoms with Gasteiger partial charge in [-0.25, -0.2) is 5.48 Å². The van der Waals surface area contributed by atoms with E-state index in [9.17, 15) is 4.79 Å². The van der Waals surface area contributed by atoms with Gasteiger partial charge in [0, 0.05) is 11.1 Å². The number of carbonyl (C=O) groups is 1. The highest BCUT2D eigenvalue weighted by atomic mass is 16.5. The maximum Gasteiger partial charge on any atom is 0.274 e. The van der Waals surface area contributed by atoms with Crippen molar-refractivity contribution in [3.05, 3.63) is 71.1 Å². The molecule has 1 aromatic heterocycles. The minimum Gasteiger partial charge on any atom is -0.420 e. The van der Waals surface area contributed by atoms with Gasteiger partial charge in [-0.05, 0) is 35.4 Å². The van der Waals surface area contributed by atoms with Gasteiger partial charge in [0.05, 0.1) is 13.0 Å². The van der Waals surface area contributed by atoms with Crippen LogP contribution in [0.2, 0.25) is 0 Å². The molecule has 0 bridgehead atoms. The van der Waals surface area contributed by atoms with E-state index in [2.05, 4.69) is 10.2 Å². The third-order valence-corrected chi connectivity index (χ3v) is 3.52. The highest BCUT2D eigenvalue weighted by Crippen LogP contribution is 2.20. The molecule has 7 heteroatoms. The fourth-order valence-corrected chi connectivity index (χ4v) is 2.21. The maximum atomic E-state index is 11.3. The Morgan fingerprint density at radius 2 is 1.64 bits per heavy atom. The Kier molecular flexibility index (Phi) is 5.99. The number of nitrogens with one attached hydrogen (secondary N) is 1. The topological polar surface area (TPSA) is 108 Å². The quantitative estimate of drug-likeness (QED) is 0.486. The molecule has 130 valence electrons. The number of aromatic nitrogens is 2. The molecule has 0 aliphatic carbocycles. The number of benzene rings is 2. The summed E-state index contributed by atoms with van der Waals surface area (Å²) in [7, 11) is 0. The molecule has 0 spiro atoms. The molecule has 0 unspecified atom stereocenters. The zero-order valence-electron chi connectivity index (χ0n) is 12.6. The van der Waals surface area contributed by atoms with Crippen molar-refractivity contribution in [1.29, 1.82) is 0 Å². The first-order chi connectivity index (χ1) is 11.7. The van der Waals surface area contributed by atoms with E-state index in [1.807, 2.05) is 24.3 Å². The summed E-state index contributed by atoms with van der Waals surface area (Å²) in [6.07, 6.45) is 0.490. The van der Waals surface area contributed by atoms with Gasteiger partial charge in [-0.3, -0.25) is 10.0 Å². The van der Waals surface area contributed by atoms with E-state index in [1.165, 1.54) is 0 Å². The molecule has 0 fully saturated rings. The minimum atomic E-state index is -0.584. The van der Waals surface area contributed by atoms with E-state index >= 15 is 0 Å². The Bertz CT molecular complexity index is 826. The lowest BCUT2D eigenvalue weighted by Crippen LogP contribution is -2.18. The lowest BCUT2D eigenvalue weighted by Gasteiger charge is -2.00. The van der Waals surface area contributed by atoms with Gasteiger partial charge in [0.2, 0.25) is 11.8 Å². The van der Waals surface area contributed by atoms with Crippen LogP contribution < -0.4 is 5.48 Å². The van der Waals surface area contributed by atoms with Gasteiger partial charge in [-0.15, -0.1) is 10.2 Å². The monoisotopic (exact) mass is 341 g/mol. The molecule has 0 aliphatic heterocycles. The standard InChI is InChI=1S/C17H15N3O4.CH4/c21-10-12-3-1-11(2-4-12)9-15-18-19-17(24-15)14-7-5-13(6-8-14)16(22)20-23;/h1-8,21,23H,9-10H2,(H,20,22);1H4. The lowest BCUT2D eigenvalue weighted by molar-refractivity contribution is 0.0706. The Balaban J connectivity index is 0.00000225. The first kappa shape index (κ1) is 18.3. The molecule has 0 saturated carbocycles. The summed E-state index contributed by atoms with van der Waals surface area (Å²) in [5, 5.41) is 25.7. The van der Waals surface area contributed by atoms with E-state index in [0.29, 0.717) is 29.3 Å². The molecule has 25 heavy (non-hydrogen) atoms. The van der Waals surface area contributed by atoms with Crippen molar-refractivity contribution < 1.29 is 19.5 Å². The highest BCUT2D eigenvalue weighted by molar-refractivity contribution is 5.93. The Labute approximate surface area is 144 Å². The second-order valence-corrected chi connectivity index (χ2v) is 5.17. The van der Waals surface area contributed by atoms with Crippen LogP contribution >= 0.6 is 0 Å². The minimum absolute atomic E-state index is 0. The fourth-order valence-electron chi connectivity index (χ4n) is 2.21. The number of rotatable bonds is 5. The third-order valence-electron chi connectivity index (χ3n) is 3.52. The van der Waals surface area contributed by atoms with Crippen molar-refractivity contribution in [2.75, 3.05) is 0 Å². The van der Waals surface area contributed by atoms with Crippen LogP contribution in [0.3, 0.4) is 0 Å². The zero-order chi connectivity index (χ0) is 16.9. The number of hydroxylamine groups is 1. The van der Waals surface area contributed by atoms with E-state index in [-0.39, 0.29) is 14.0 Å². The Morgan fingerprint density at radius 1 is 1.00 bits per heavy atom. The number of amides is 1. The average molecular weight is 341 g/mol. The second-order valence-electron chi connectivity index (χ2n) is 5.17. The van der Waals surface area contributed by atoms with Crippen molar-refractivity contribution in [1.82, 2.24) is 15.7 Å². The molecule has 1 amide bonds. The molecule has 0 atom stereocenters. The van der Waals surface area contributed by atoms with Gasteiger partial charge in [0.1, 0.15) is 0 Å². The van der Waals surface area contributed by atoms with Crippen LogP contribution in [0.15, 0.2) is 52.9 Å². The van der Waals surface area contributed by atoms with Crippen LogP contribution in [0.25, 0.3) is 11.5 Å². The van der Waals surface area contributed by atoms with Crippen LogP contribution in [-0.2, 0) is 13.0 Å². The molecule has 3 N–H and O–H groups in total. The normalized spacial score (nSPS) is 10.2. The molecule has 1 heterocycles. The van der Waals surface area contributed by atoms with Crippen molar-refractivity contribution in [2.45, 2.75) is 20.5 Å². The van der Waals surface area contributed by atoms with Crippen molar-refractivity contribution >= 4 is 5.91 Å². The number of nitrogens with zero attached hydrogens (tertiary/aromatic N) is 2. The van der Waals surface area contributed by atoms with E-state index in [4.69, 9.17) is 14.7 Å².